The van der Waals surface area contributed by atoms with Crippen LogP contribution in [0, 0.1) is 0 Å². The molecule has 3 aliphatic carbocycles. The van der Waals surface area contributed by atoms with Gasteiger partial charge in [0.15, 0.2) is 0 Å². The largest absolute Gasteiger partial charge is 0.485 e. The van der Waals surface area contributed by atoms with E-state index in [1.165, 1.54) is 93.2 Å². The quantitative estimate of drug-likeness (QED) is 0.165. The molecule has 0 bridgehead atoms. The summed E-state index contributed by atoms with van der Waals surface area (Å²) >= 11 is 1.88. The molecular formula is C68H45NOS. The minimum absolute atomic E-state index is 0.0976. The predicted molar refractivity (Wildman–Crippen MR) is 290 cm³/mol. The average Bonchev–Trinajstić information content (AvgIpc) is 4.06. The Morgan fingerprint density at radius 2 is 0.915 bits per heavy atom. The molecule has 10 aromatic rings. The Hall–Kier alpha value is -8.37. The first-order chi connectivity index (χ1) is 35.2. The molecule has 0 aromatic heterocycles. The van der Waals surface area contributed by atoms with Crippen LogP contribution in [0.1, 0.15) is 56.0 Å². The summed E-state index contributed by atoms with van der Waals surface area (Å²) in [6, 6.07) is 90.3. The molecule has 2 nitrogen and oxygen atoms in total. The number of benzene rings is 10. The standard InChI is InChI=1S/C68H45NOS/c1-3-17-44(18-4-1)45-31-40-63-56(41-45)55-39-37-50(43-64(55)70-63)69(48-34-32-47(33-35-48)67(46-19-5-2-6-20-46)57-24-10-7-21-51(57)52-22-8-11-25-58(52)67)49-36-38-54-53-23-9-12-26-59(53)68(62(54)42-49)60-27-13-15-29-65(60)71-66-30-16-14-28-61(66)68/h1-43,55,64H. The lowest BCUT2D eigenvalue weighted by Crippen LogP contribution is -2.32. The van der Waals surface area contributed by atoms with Crippen LogP contribution in [-0.4, -0.2) is 6.10 Å². The zero-order chi connectivity index (χ0) is 46.7. The summed E-state index contributed by atoms with van der Waals surface area (Å²) < 4.78 is 6.90. The van der Waals surface area contributed by atoms with E-state index in [9.17, 15) is 0 Å². The fourth-order valence-electron chi connectivity index (χ4n) is 13.1. The highest BCUT2D eigenvalue weighted by atomic mass is 32.2. The van der Waals surface area contributed by atoms with E-state index in [0.29, 0.717) is 0 Å². The first kappa shape index (κ1) is 40.5. The van der Waals surface area contributed by atoms with Crippen LogP contribution >= 0.6 is 11.8 Å². The molecule has 0 saturated carbocycles. The van der Waals surface area contributed by atoms with E-state index in [2.05, 4.69) is 266 Å². The molecule has 2 heterocycles. The second kappa shape index (κ2) is 15.6. The number of nitrogens with zero attached hydrogens (tertiary/aromatic N) is 1. The Labute approximate surface area is 418 Å². The van der Waals surface area contributed by atoms with Crippen molar-refractivity contribution in [1.29, 1.82) is 0 Å². The van der Waals surface area contributed by atoms with E-state index in [1.54, 1.807) is 0 Å². The number of rotatable bonds is 6. The van der Waals surface area contributed by atoms with E-state index in [4.69, 9.17) is 4.74 Å². The maximum atomic E-state index is 6.90. The summed E-state index contributed by atoms with van der Waals surface area (Å²) in [4.78, 5) is 5.06. The lowest BCUT2D eigenvalue weighted by atomic mass is 9.67. The highest BCUT2D eigenvalue weighted by Gasteiger charge is 2.51. The van der Waals surface area contributed by atoms with Crippen LogP contribution in [0.25, 0.3) is 33.4 Å². The van der Waals surface area contributed by atoms with Crippen molar-refractivity contribution >= 4 is 23.1 Å². The number of anilines is 2. The van der Waals surface area contributed by atoms with E-state index < -0.39 is 10.8 Å². The van der Waals surface area contributed by atoms with Crippen LogP contribution in [0.4, 0.5) is 11.4 Å². The molecule has 0 N–H and O–H groups in total. The third-order valence-electron chi connectivity index (χ3n) is 16.0. The van der Waals surface area contributed by atoms with E-state index in [1.807, 2.05) is 11.8 Å². The average molecular weight is 924 g/mol. The van der Waals surface area contributed by atoms with Crippen molar-refractivity contribution in [2.24, 2.45) is 0 Å². The summed E-state index contributed by atoms with van der Waals surface area (Å²) in [5, 5.41) is 0. The Bertz CT molecular complexity index is 3760. The van der Waals surface area contributed by atoms with Gasteiger partial charge in [0.05, 0.1) is 10.8 Å². The van der Waals surface area contributed by atoms with Gasteiger partial charge in [-0.3, -0.25) is 0 Å². The van der Waals surface area contributed by atoms with Crippen LogP contribution in [0.15, 0.2) is 276 Å². The van der Waals surface area contributed by atoms with Crippen molar-refractivity contribution in [2.75, 3.05) is 4.90 Å². The molecule has 2 atom stereocenters. The van der Waals surface area contributed by atoms with Crippen molar-refractivity contribution in [3.05, 3.63) is 317 Å². The van der Waals surface area contributed by atoms with E-state index in [-0.39, 0.29) is 12.0 Å². The highest BCUT2D eigenvalue weighted by molar-refractivity contribution is 7.99. The Morgan fingerprint density at radius 3 is 1.56 bits per heavy atom. The summed E-state index contributed by atoms with van der Waals surface area (Å²) in [6.07, 6.45) is 6.89. The monoisotopic (exact) mass is 923 g/mol. The van der Waals surface area contributed by atoms with Gasteiger partial charge in [-0.2, -0.15) is 0 Å². The minimum Gasteiger partial charge on any atom is -0.485 e. The summed E-state index contributed by atoms with van der Waals surface area (Å²) in [6.45, 7) is 0. The maximum absolute atomic E-state index is 6.90. The lowest BCUT2D eigenvalue weighted by Gasteiger charge is -2.40. The van der Waals surface area contributed by atoms with Crippen LogP contribution in [-0.2, 0) is 10.8 Å². The summed E-state index contributed by atoms with van der Waals surface area (Å²) in [5.41, 5.74) is 21.4. The van der Waals surface area contributed by atoms with Gasteiger partial charge < -0.3 is 9.64 Å². The molecule has 3 heteroatoms. The van der Waals surface area contributed by atoms with Gasteiger partial charge in [0.2, 0.25) is 0 Å². The summed E-state index contributed by atoms with van der Waals surface area (Å²) in [5.74, 6) is 1.05. The van der Waals surface area contributed by atoms with Crippen molar-refractivity contribution < 1.29 is 4.74 Å². The number of hydrogen-bond acceptors (Lipinski definition) is 3. The number of allylic oxidation sites excluding steroid dienone is 1. The van der Waals surface area contributed by atoms with Gasteiger partial charge in [-0.05, 0) is 139 Å². The third-order valence-corrected chi connectivity index (χ3v) is 17.1. The maximum Gasteiger partial charge on any atom is 0.130 e. The first-order valence-corrected chi connectivity index (χ1v) is 25.5. The van der Waals surface area contributed by atoms with Gasteiger partial charge in [0.25, 0.3) is 0 Å². The normalized spacial score (nSPS) is 17.3. The van der Waals surface area contributed by atoms with E-state index in [0.717, 1.165) is 22.8 Å². The van der Waals surface area contributed by atoms with Gasteiger partial charge >= 0.3 is 0 Å². The third kappa shape index (κ3) is 5.73. The Morgan fingerprint density at radius 1 is 0.394 bits per heavy atom. The van der Waals surface area contributed by atoms with Crippen molar-refractivity contribution in [3.8, 4) is 39.1 Å². The highest BCUT2D eigenvalue weighted by Crippen LogP contribution is 2.63. The van der Waals surface area contributed by atoms with Gasteiger partial charge in [-0.25, -0.2) is 0 Å². The second-order valence-corrected chi connectivity index (χ2v) is 20.5. The Balaban J connectivity index is 0.925. The molecule has 2 aliphatic heterocycles. The van der Waals surface area contributed by atoms with Gasteiger partial charge in [-0.15, -0.1) is 0 Å². The predicted octanol–water partition coefficient (Wildman–Crippen LogP) is 16.7. The molecule has 334 valence electrons. The minimum atomic E-state index is -0.504. The molecular weight excluding hydrogens is 879 g/mol. The molecule has 1 spiro atoms. The summed E-state index contributed by atoms with van der Waals surface area (Å²) in [7, 11) is 0. The first-order valence-electron chi connectivity index (χ1n) is 24.7. The van der Waals surface area contributed by atoms with E-state index >= 15 is 0 Å². The number of ether oxygens (including phenoxy) is 1. The van der Waals surface area contributed by atoms with Crippen molar-refractivity contribution in [1.82, 2.24) is 0 Å². The van der Waals surface area contributed by atoms with Crippen molar-refractivity contribution in [2.45, 2.75) is 32.6 Å². The molecule has 2 unspecified atom stereocenters. The van der Waals surface area contributed by atoms with Gasteiger partial charge in [0, 0.05) is 38.3 Å². The molecule has 0 amide bonds. The molecule has 15 rings (SSSR count). The fraction of sp³-hybridized carbons (Fsp3) is 0.0588. The zero-order valence-corrected chi connectivity index (χ0v) is 39.6. The fourth-order valence-corrected chi connectivity index (χ4v) is 14.2. The SMILES string of the molecule is C1=CC2c3cc(-c4ccccc4)ccc3OC2C=C1N(c1ccc(C2(c3ccccc3)c3ccccc3-c3ccccc32)cc1)c1ccc2c(c1)C1(c3ccccc3Sc3ccccc31)c1ccccc1-2. The molecule has 71 heavy (non-hydrogen) atoms. The smallest absolute Gasteiger partial charge is 0.130 e. The van der Waals surface area contributed by atoms with Crippen LogP contribution in [0.3, 0.4) is 0 Å². The Kier molecular flexibility index (Phi) is 8.88. The van der Waals surface area contributed by atoms with Gasteiger partial charge in [-0.1, -0.05) is 212 Å². The lowest BCUT2D eigenvalue weighted by molar-refractivity contribution is 0.267. The molecule has 10 aromatic carbocycles. The van der Waals surface area contributed by atoms with Crippen LogP contribution < -0.4 is 9.64 Å². The van der Waals surface area contributed by atoms with Crippen LogP contribution in [0.2, 0.25) is 0 Å². The number of hydrogen-bond donors (Lipinski definition) is 0. The topological polar surface area (TPSA) is 12.5 Å². The van der Waals surface area contributed by atoms with Crippen LogP contribution in [0.5, 0.6) is 5.75 Å². The van der Waals surface area contributed by atoms with Crippen molar-refractivity contribution in [3.63, 3.8) is 0 Å². The zero-order valence-electron chi connectivity index (χ0n) is 38.7. The molecule has 5 aliphatic rings. The molecule has 0 fully saturated rings. The second-order valence-electron chi connectivity index (χ2n) is 19.4. The van der Waals surface area contributed by atoms with Gasteiger partial charge in [0.1, 0.15) is 11.9 Å². The molecule has 0 saturated heterocycles. The molecule has 0 radical (unpaired) electrons. The number of fused-ring (bicyclic) bond motifs is 15.